The Bertz CT molecular complexity index is 1370. The van der Waals surface area contributed by atoms with Gasteiger partial charge in [0.25, 0.3) is 0 Å². The van der Waals surface area contributed by atoms with E-state index < -0.39 is 28.5 Å². The zero-order valence-corrected chi connectivity index (χ0v) is 23.6. The Balaban J connectivity index is 2.06. The summed E-state index contributed by atoms with van der Waals surface area (Å²) in [6.07, 6.45) is 1.39. The summed E-state index contributed by atoms with van der Waals surface area (Å²) >= 11 is 0. The number of benzene rings is 3. The van der Waals surface area contributed by atoms with Crippen molar-refractivity contribution in [1.29, 1.82) is 0 Å². The van der Waals surface area contributed by atoms with Crippen LogP contribution in [0.4, 0.5) is 5.69 Å². The molecule has 3 rings (SSSR count). The molecule has 0 fully saturated rings. The summed E-state index contributed by atoms with van der Waals surface area (Å²) in [5, 5.41) is 2.87. The molecule has 8 heteroatoms. The van der Waals surface area contributed by atoms with Crippen LogP contribution in [0.5, 0.6) is 0 Å². The van der Waals surface area contributed by atoms with Gasteiger partial charge in [0.15, 0.2) is 0 Å². The number of aryl methyl sites for hydroxylation is 3. The number of nitrogens with zero attached hydrogens (tertiary/aromatic N) is 2. The van der Waals surface area contributed by atoms with Gasteiger partial charge in [-0.05, 0) is 67.6 Å². The molecule has 0 heterocycles. The molecule has 0 aliphatic heterocycles. The van der Waals surface area contributed by atoms with Gasteiger partial charge in [-0.3, -0.25) is 13.9 Å². The van der Waals surface area contributed by atoms with Gasteiger partial charge in [-0.25, -0.2) is 8.42 Å². The molecule has 7 nitrogen and oxygen atoms in total. The van der Waals surface area contributed by atoms with Gasteiger partial charge in [-0.2, -0.15) is 0 Å². The summed E-state index contributed by atoms with van der Waals surface area (Å²) in [5.41, 5.74) is 5.13. The Hall–Kier alpha value is -3.65. The summed E-state index contributed by atoms with van der Waals surface area (Å²) < 4.78 is 26.9. The van der Waals surface area contributed by atoms with Crippen molar-refractivity contribution in [3.05, 3.63) is 101 Å². The van der Waals surface area contributed by atoms with Gasteiger partial charge in [0.1, 0.15) is 12.6 Å². The third-order valence-corrected chi connectivity index (χ3v) is 7.82. The third kappa shape index (κ3) is 7.44. The first-order valence-electron chi connectivity index (χ1n) is 12.7. The van der Waals surface area contributed by atoms with Crippen molar-refractivity contribution < 1.29 is 18.0 Å². The van der Waals surface area contributed by atoms with Gasteiger partial charge in [0.2, 0.25) is 21.8 Å². The predicted octanol–water partition coefficient (Wildman–Crippen LogP) is 4.15. The van der Waals surface area contributed by atoms with Crippen LogP contribution < -0.4 is 9.62 Å². The maximum atomic E-state index is 14.0. The van der Waals surface area contributed by atoms with Crippen LogP contribution in [0.15, 0.2) is 72.8 Å². The fraction of sp³-hybridized carbons (Fsp3) is 0.333. The minimum absolute atomic E-state index is 0.171. The fourth-order valence-electron chi connectivity index (χ4n) is 4.31. The maximum Gasteiger partial charge on any atom is 0.244 e. The van der Waals surface area contributed by atoms with E-state index in [2.05, 4.69) is 5.32 Å². The largest absolute Gasteiger partial charge is 0.355 e. The lowest BCUT2D eigenvalue weighted by Gasteiger charge is -2.34. The predicted molar refractivity (Wildman–Crippen MR) is 152 cm³/mol. The Morgan fingerprint density at radius 1 is 0.868 bits per heavy atom. The van der Waals surface area contributed by atoms with Crippen LogP contribution in [0.1, 0.15) is 34.7 Å². The van der Waals surface area contributed by atoms with Crippen LogP contribution in [0, 0.1) is 20.8 Å². The van der Waals surface area contributed by atoms with Gasteiger partial charge in [0.05, 0.1) is 11.9 Å². The fourth-order valence-corrected chi connectivity index (χ4v) is 5.15. The average molecular weight is 536 g/mol. The lowest BCUT2D eigenvalue weighted by molar-refractivity contribution is -0.140. The first-order chi connectivity index (χ1) is 18.0. The lowest BCUT2D eigenvalue weighted by Crippen LogP contribution is -2.53. The van der Waals surface area contributed by atoms with Gasteiger partial charge in [-0.15, -0.1) is 0 Å². The minimum atomic E-state index is -3.79. The summed E-state index contributed by atoms with van der Waals surface area (Å²) in [5.74, 6) is -0.737. The zero-order chi connectivity index (χ0) is 27.9. The number of hydrogen-bond donors (Lipinski definition) is 1. The van der Waals surface area contributed by atoms with Crippen LogP contribution in [-0.2, 0) is 32.6 Å². The quantitative estimate of drug-likeness (QED) is 0.400. The molecule has 0 unspecified atom stereocenters. The van der Waals surface area contributed by atoms with Crippen LogP contribution >= 0.6 is 0 Å². The van der Waals surface area contributed by atoms with Crippen molar-refractivity contribution in [2.45, 2.75) is 46.7 Å². The van der Waals surface area contributed by atoms with Gasteiger partial charge in [0, 0.05) is 19.5 Å². The second-order valence-electron chi connectivity index (χ2n) is 9.59. The highest BCUT2D eigenvalue weighted by Gasteiger charge is 2.33. The standard InChI is InChI=1S/C30H37N3O4S/c1-6-31-30(35)28(19-25-13-8-7-9-14-25)32(20-26-15-11-10-12-23(26)3)29(34)21-33(38(5,36)37)27-17-16-22(2)24(4)18-27/h7-18,28H,6,19-21H2,1-5H3,(H,31,35)/t28-/m1/s1. The number of carbonyl (C=O) groups is 2. The highest BCUT2D eigenvalue weighted by molar-refractivity contribution is 7.92. The first kappa shape index (κ1) is 28.9. The summed E-state index contributed by atoms with van der Waals surface area (Å²) in [6, 6.07) is 21.7. The molecule has 3 aromatic rings. The second kappa shape index (κ2) is 12.7. The highest BCUT2D eigenvalue weighted by atomic mass is 32.2. The Morgan fingerprint density at radius 2 is 1.53 bits per heavy atom. The van der Waals surface area contributed by atoms with Crippen molar-refractivity contribution in [1.82, 2.24) is 10.2 Å². The SMILES string of the molecule is CCNC(=O)[C@@H](Cc1ccccc1)N(Cc1ccccc1C)C(=O)CN(c1ccc(C)c(C)c1)S(C)(=O)=O. The van der Waals surface area contributed by atoms with Gasteiger partial charge in [-0.1, -0.05) is 60.7 Å². The Kier molecular flexibility index (Phi) is 9.69. The lowest BCUT2D eigenvalue weighted by atomic mass is 10.0. The van der Waals surface area contributed by atoms with Crippen molar-refractivity contribution in [3.63, 3.8) is 0 Å². The average Bonchev–Trinajstić information content (AvgIpc) is 2.87. The van der Waals surface area contributed by atoms with Crippen LogP contribution in [-0.4, -0.2) is 50.5 Å². The van der Waals surface area contributed by atoms with E-state index in [0.29, 0.717) is 18.7 Å². The molecule has 38 heavy (non-hydrogen) atoms. The number of nitrogens with one attached hydrogen (secondary N) is 1. The molecule has 0 bridgehead atoms. The number of hydrogen-bond acceptors (Lipinski definition) is 4. The molecule has 0 spiro atoms. The van der Waals surface area contributed by atoms with E-state index in [1.54, 1.807) is 12.1 Å². The topological polar surface area (TPSA) is 86.8 Å². The van der Waals surface area contributed by atoms with Crippen molar-refractivity contribution in [2.75, 3.05) is 23.7 Å². The van der Waals surface area contributed by atoms with E-state index in [1.165, 1.54) is 4.90 Å². The molecule has 0 aliphatic rings. The van der Waals surface area contributed by atoms with E-state index >= 15 is 0 Å². The molecule has 0 saturated carbocycles. The zero-order valence-electron chi connectivity index (χ0n) is 22.8. The van der Waals surface area contributed by atoms with E-state index in [4.69, 9.17) is 0 Å². The third-order valence-electron chi connectivity index (χ3n) is 6.68. The van der Waals surface area contributed by atoms with Gasteiger partial charge < -0.3 is 10.2 Å². The van der Waals surface area contributed by atoms with E-state index in [1.807, 2.05) is 88.4 Å². The Morgan fingerprint density at radius 3 is 2.13 bits per heavy atom. The maximum absolute atomic E-state index is 14.0. The molecule has 0 aliphatic carbocycles. The first-order valence-corrected chi connectivity index (χ1v) is 14.6. The molecule has 1 atom stereocenters. The number of rotatable bonds is 11. The molecule has 1 N–H and O–H groups in total. The summed E-state index contributed by atoms with van der Waals surface area (Å²) in [4.78, 5) is 28.9. The van der Waals surface area contributed by atoms with Crippen LogP contribution in [0.25, 0.3) is 0 Å². The van der Waals surface area contributed by atoms with E-state index in [9.17, 15) is 18.0 Å². The highest BCUT2D eigenvalue weighted by Crippen LogP contribution is 2.23. The molecule has 3 aromatic carbocycles. The molecular weight excluding hydrogens is 498 g/mol. The number of amides is 2. The molecule has 0 aromatic heterocycles. The number of carbonyl (C=O) groups excluding carboxylic acids is 2. The van der Waals surface area contributed by atoms with Crippen LogP contribution in [0.3, 0.4) is 0 Å². The minimum Gasteiger partial charge on any atom is -0.355 e. The number of sulfonamides is 1. The molecule has 202 valence electrons. The normalized spacial score (nSPS) is 12.0. The number of anilines is 1. The summed E-state index contributed by atoms with van der Waals surface area (Å²) in [7, 11) is -3.79. The monoisotopic (exact) mass is 535 g/mol. The molecule has 2 amide bonds. The summed E-state index contributed by atoms with van der Waals surface area (Å²) in [6.45, 7) is 7.79. The second-order valence-corrected chi connectivity index (χ2v) is 11.5. The van der Waals surface area contributed by atoms with Crippen LogP contribution in [0.2, 0.25) is 0 Å². The Labute approximate surface area is 226 Å². The molecule has 0 radical (unpaired) electrons. The van der Waals surface area contributed by atoms with Crippen molar-refractivity contribution in [2.24, 2.45) is 0 Å². The molecular formula is C30H37N3O4S. The van der Waals surface area contributed by atoms with E-state index in [0.717, 1.165) is 38.4 Å². The molecule has 0 saturated heterocycles. The van der Waals surface area contributed by atoms with Gasteiger partial charge >= 0.3 is 0 Å². The smallest absolute Gasteiger partial charge is 0.244 e. The van der Waals surface area contributed by atoms with Crippen molar-refractivity contribution in [3.8, 4) is 0 Å². The van der Waals surface area contributed by atoms with E-state index in [-0.39, 0.29) is 12.5 Å². The number of likely N-dealkylation sites (N-methyl/N-ethyl adjacent to an activating group) is 1. The van der Waals surface area contributed by atoms with Crippen molar-refractivity contribution >= 4 is 27.5 Å².